The zero-order chi connectivity index (χ0) is 29.2. The van der Waals surface area contributed by atoms with E-state index in [1.807, 2.05) is 24.0 Å². The van der Waals surface area contributed by atoms with Crippen molar-refractivity contribution in [1.82, 2.24) is 15.1 Å². The second-order valence-corrected chi connectivity index (χ2v) is 11.0. The SMILES string of the molecule is CCc1cc(-c2cc(CC(=O)N(C)C)ccc2F)c(OCCCOC)cc1CC(=O)N(C(C)C)[C@@H]1CCCNC1. The van der Waals surface area contributed by atoms with E-state index in [0.29, 0.717) is 42.9 Å². The highest BCUT2D eigenvalue weighted by Crippen LogP contribution is 2.36. The van der Waals surface area contributed by atoms with Crippen molar-refractivity contribution in [3.8, 4) is 16.9 Å². The molecule has 40 heavy (non-hydrogen) atoms. The largest absolute Gasteiger partial charge is 0.493 e. The van der Waals surface area contributed by atoms with Crippen molar-refractivity contribution in [1.29, 1.82) is 0 Å². The van der Waals surface area contributed by atoms with E-state index < -0.39 is 0 Å². The number of methoxy groups -OCH3 is 1. The summed E-state index contributed by atoms with van der Waals surface area (Å²) in [6.45, 7) is 8.91. The molecule has 3 rings (SSSR count). The molecule has 1 aliphatic heterocycles. The number of carbonyl (C=O) groups is 2. The molecule has 1 N–H and O–H groups in total. The maximum absolute atomic E-state index is 15.3. The summed E-state index contributed by atoms with van der Waals surface area (Å²) in [5, 5.41) is 3.42. The number of halogens is 1. The summed E-state index contributed by atoms with van der Waals surface area (Å²) >= 11 is 0. The number of carbonyl (C=O) groups excluding carboxylic acids is 2. The van der Waals surface area contributed by atoms with E-state index in [1.165, 1.54) is 11.0 Å². The molecule has 2 aromatic rings. The Hall–Kier alpha value is -2.97. The standard InChI is InChI=1S/C32H46FN3O4/c1-7-24-18-28(27-16-23(11-12-29(27)33)17-31(37)35(4)5)30(40-15-9-14-39-6)19-25(24)20-32(38)36(22(2)3)26-10-8-13-34-21-26/h11-12,16,18-19,22,26,34H,7-10,13-15,17,20-21H2,1-6H3/t26-/m1/s1. The summed E-state index contributed by atoms with van der Waals surface area (Å²) in [7, 11) is 5.05. The molecule has 7 nitrogen and oxygen atoms in total. The average molecular weight is 556 g/mol. The number of amides is 2. The number of ether oxygens (including phenoxy) is 2. The van der Waals surface area contributed by atoms with Crippen LogP contribution in [-0.2, 0) is 33.6 Å². The Labute approximate surface area is 239 Å². The fourth-order valence-corrected chi connectivity index (χ4v) is 5.34. The highest BCUT2D eigenvalue weighted by molar-refractivity contribution is 5.82. The predicted molar refractivity (Wildman–Crippen MR) is 157 cm³/mol. The summed E-state index contributed by atoms with van der Waals surface area (Å²) in [6.07, 6.45) is 3.85. The molecule has 0 unspecified atom stereocenters. The van der Waals surface area contributed by atoms with Crippen LogP contribution in [0.1, 0.15) is 56.7 Å². The minimum absolute atomic E-state index is 0.0559. The molecule has 1 heterocycles. The summed E-state index contributed by atoms with van der Waals surface area (Å²) in [4.78, 5) is 29.6. The van der Waals surface area contributed by atoms with E-state index in [1.54, 1.807) is 33.3 Å². The van der Waals surface area contributed by atoms with E-state index >= 15 is 4.39 Å². The van der Waals surface area contributed by atoms with Gasteiger partial charge in [-0.1, -0.05) is 13.0 Å². The molecule has 0 spiro atoms. The lowest BCUT2D eigenvalue weighted by atomic mass is 9.93. The first kappa shape index (κ1) is 31.6. The van der Waals surface area contributed by atoms with Crippen LogP contribution in [0.15, 0.2) is 30.3 Å². The molecular weight excluding hydrogens is 509 g/mol. The molecule has 2 aromatic carbocycles. The molecule has 1 saturated heterocycles. The van der Waals surface area contributed by atoms with Crippen LogP contribution in [0.4, 0.5) is 4.39 Å². The van der Waals surface area contributed by atoms with Crippen LogP contribution < -0.4 is 10.1 Å². The summed E-state index contributed by atoms with van der Waals surface area (Å²) in [5.74, 6) is 0.178. The molecule has 0 aliphatic carbocycles. The van der Waals surface area contributed by atoms with Crippen LogP contribution >= 0.6 is 0 Å². The molecule has 0 aromatic heterocycles. The van der Waals surface area contributed by atoms with Gasteiger partial charge in [0.25, 0.3) is 0 Å². The number of hydrogen-bond acceptors (Lipinski definition) is 5. The van der Waals surface area contributed by atoms with Crippen molar-refractivity contribution in [2.24, 2.45) is 0 Å². The van der Waals surface area contributed by atoms with Crippen LogP contribution in [0, 0.1) is 5.82 Å². The van der Waals surface area contributed by atoms with Gasteiger partial charge < -0.3 is 24.6 Å². The van der Waals surface area contributed by atoms with Gasteiger partial charge in [-0.2, -0.15) is 0 Å². The van der Waals surface area contributed by atoms with E-state index in [-0.39, 0.29) is 42.6 Å². The Morgan fingerprint density at radius 1 is 1.05 bits per heavy atom. The first-order valence-electron chi connectivity index (χ1n) is 14.4. The monoisotopic (exact) mass is 555 g/mol. The fourth-order valence-electron chi connectivity index (χ4n) is 5.34. The van der Waals surface area contributed by atoms with Gasteiger partial charge in [0.2, 0.25) is 11.8 Å². The summed E-state index contributed by atoms with van der Waals surface area (Å²) < 4.78 is 26.7. The highest BCUT2D eigenvalue weighted by Gasteiger charge is 2.28. The van der Waals surface area contributed by atoms with Crippen LogP contribution in [0.25, 0.3) is 11.1 Å². The Morgan fingerprint density at radius 2 is 1.82 bits per heavy atom. The zero-order valence-corrected chi connectivity index (χ0v) is 25.0. The third kappa shape index (κ3) is 8.27. The van der Waals surface area contributed by atoms with Gasteiger partial charge in [0.1, 0.15) is 11.6 Å². The fraction of sp³-hybridized carbons (Fsp3) is 0.562. The predicted octanol–water partition coefficient (Wildman–Crippen LogP) is 4.63. The van der Waals surface area contributed by atoms with E-state index in [9.17, 15) is 9.59 Å². The van der Waals surface area contributed by atoms with Crippen molar-refractivity contribution in [2.75, 3.05) is 47.5 Å². The quantitative estimate of drug-likeness (QED) is 0.365. The van der Waals surface area contributed by atoms with Crippen molar-refractivity contribution >= 4 is 11.8 Å². The molecule has 8 heteroatoms. The second kappa shape index (κ2) is 15.1. The van der Waals surface area contributed by atoms with Crippen molar-refractivity contribution in [3.63, 3.8) is 0 Å². The second-order valence-electron chi connectivity index (χ2n) is 11.0. The molecular formula is C32H46FN3O4. The smallest absolute Gasteiger partial charge is 0.227 e. The van der Waals surface area contributed by atoms with Crippen molar-refractivity contribution < 1.29 is 23.5 Å². The Bertz CT molecular complexity index is 1150. The van der Waals surface area contributed by atoms with Crippen LogP contribution in [0.2, 0.25) is 0 Å². The molecule has 2 amide bonds. The Balaban J connectivity index is 2.01. The zero-order valence-electron chi connectivity index (χ0n) is 25.0. The minimum atomic E-state index is -0.385. The maximum Gasteiger partial charge on any atom is 0.227 e. The molecule has 0 bridgehead atoms. The first-order valence-corrected chi connectivity index (χ1v) is 14.4. The third-order valence-electron chi connectivity index (χ3n) is 7.46. The average Bonchev–Trinajstić information content (AvgIpc) is 2.92. The van der Waals surface area contributed by atoms with Gasteiger partial charge in [0, 0.05) is 64.0 Å². The number of nitrogens with zero attached hydrogens (tertiary/aromatic N) is 2. The number of benzene rings is 2. The molecule has 0 radical (unpaired) electrons. The van der Waals surface area contributed by atoms with Gasteiger partial charge in [-0.25, -0.2) is 4.39 Å². The Kier molecular flexibility index (Phi) is 11.9. The third-order valence-corrected chi connectivity index (χ3v) is 7.46. The minimum Gasteiger partial charge on any atom is -0.493 e. The van der Waals surface area contributed by atoms with Gasteiger partial charge in [0.15, 0.2) is 0 Å². The summed E-state index contributed by atoms with van der Waals surface area (Å²) in [6, 6.07) is 8.91. The van der Waals surface area contributed by atoms with Gasteiger partial charge >= 0.3 is 0 Å². The summed E-state index contributed by atoms with van der Waals surface area (Å²) in [5.41, 5.74) is 3.61. The lowest BCUT2D eigenvalue weighted by Gasteiger charge is -2.38. The number of piperidine rings is 1. The van der Waals surface area contributed by atoms with Crippen LogP contribution in [-0.4, -0.2) is 81.2 Å². The molecule has 1 atom stereocenters. The van der Waals surface area contributed by atoms with E-state index in [0.717, 1.165) is 42.6 Å². The lowest BCUT2D eigenvalue weighted by Crippen LogP contribution is -2.52. The first-order chi connectivity index (χ1) is 19.2. The number of aryl methyl sites for hydroxylation is 1. The van der Waals surface area contributed by atoms with E-state index in [4.69, 9.17) is 9.47 Å². The number of likely N-dealkylation sites (N-methyl/N-ethyl adjacent to an activating group) is 1. The van der Waals surface area contributed by atoms with Gasteiger partial charge in [-0.05, 0) is 80.6 Å². The van der Waals surface area contributed by atoms with E-state index in [2.05, 4.69) is 19.2 Å². The van der Waals surface area contributed by atoms with Crippen molar-refractivity contribution in [2.45, 2.75) is 71.4 Å². The van der Waals surface area contributed by atoms with Gasteiger partial charge in [-0.3, -0.25) is 9.59 Å². The molecule has 1 aliphatic rings. The van der Waals surface area contributed by atoms with Crippen LogP contribution in [0.5, 0.6) is 5.75 Å². The van der Waals surface area contributed by atoms with Crippen LogP contribution in [0.3, 0.4) is 0 Å². The maximum atomic E-state index is 15.3. The topological polar surface area (TPSA) is 71.1 Å². The number of hydrogen-bond donors (Lipinski definition) is 1. The normalized spacial score (nSPS) is 15.2. The number of rotatable bonds is 13. The van der Waals surface area contributed by atoms with Gasteiger partial charge in [-0.15, -0.1) is 0 Å². The highest BCUT2D eigenvalue weighted by atomic mass is 19.1. The molecule has 220 valence electrons. The molecule has 1 fully saturated rings. The van der Waals surface area contributed by atoms with Gasteiger partial charge in [0.05, 0.1) is 19.4 Å². The Morgan fingerprint density at radius 3 is 2.45 bits per heavy atom. The number of nitrogens with one attached hydrogen (secondary N) is 1. The van der Waals surface area contributed by atoms with Crippen molar-refractivity contribution in [3.05, 3.63) is 52.8 Å². The lowest BCUT2D eigenvalue weighted by molar-refractivity contribution is -0.135. The molecule has 0 saturated carbocycles.